The number of aryl methyl sites for hydroxylation is 1. The van der Waals surface area contributed by atoms with Crippen molar-refractivity contribution in [2.45, 2.75) is 37.1 Å². The molecule has 0 saturated carbocycles. The third-order valence-electron chi connectivity index (χ3n) is 4.66. The number of ether oxygens (including phenoxy) is 1. The molecule has 0 radical (unpaired) electrons. The molecule has 1 heterocycles. The minimum absolute atomic E-state index is 0.0481. The zero-order chi connectivity index (χ0) is 20.9. The van der Waals surface area contributed by atoms with Crippen molar-refractivity contribution in [1.29, 1.82) is 0 Å². The molecule has 1 atom stereocenters. The molecule has 0 fully saturated rings. The number of fused-ring (bicyclic) bond motifs is 1. The normalized spacial score (nSPS) is 14.3. The van der Waals surface area contributed by atoms with Crippen LogP contribution in [0.15, 0.2) is 53.4 Å². The van der Waals surface area contributed by atoms with Crippen LogP contribution in [0.25, 0.3) is 0 Å². The van der Waals surface area contributed by atoms with E-state index in [4.69, 9.17) is 4.74 Å². The number of benzene rings is 2. The maximum atomic E-state index is 12.6. The van der Waals surface area contributed by atoms with E-state index < -0.39 is 9.84 Å². The monoisotopic (exact) mass is 416 g/mol. The summed E-state index contributed by atoms with van der Waals surface area (Å²) in [5.41, 5.74) is 1.51. The Morgan fingerprint density at radius 2 is 1.97 bits per heavy atom. The molecular weight excluding hydrogens is 392 g/mol. The number of carbonyl (C=O) groups excluding carboxylic acids is 2. The van der Waals surface area contributed by atoms with Crippen LogP contribution in [-0.4, -0.2) is 38.6 Å². The Morgan fingerprint density at radius 1 is 1.21 bits per heavy atom. The van der Waals surface area contributed by atoms with Gasteiger partial charge < -0.3 is 15.4 Å². The molecule has 0 aromatic heterocycles. The lowest BCUT2D eigenvalue weighted by Gasteiger charge is -2.18. The van der Waals surface area contributed by atoms with Crippen LogP contribution in [-0.2, 0) is 25.8 Å². The van der Waals surface area contributed by atoms with Crippen LogP contribution >= 0.6 is 0 Å². The fourth-order valence-corrected chi connectivity index (χ4v) is 4.31. The third-order valence-corrected chi connectivity index (χ3v) is 6.37. The molecule has 3 rings (SSSR count). The topological polar surface area (TPSA) is 102 Å². The van der Waals surface area contributed by atoms with E-state index in [1.807, 2.05) is 37.3 Å². The molecule has 0 spiro atoms. The lowest BCUT2D eigenvalue weighted by Crippen LogP contribution is -2.34. The van der Waals surface area contributed by atoms with E-state index in [-0.39, 0.29) is 41.5 Å². The van der Waals surface area contributed by atoms with E-state index >= 15 is 0 Å². The van der Waals surface area contributed by atoms with Crippen molar-refractivity contribution < 1.29 is 22.7 Å². The minimum atomic E-state index is -3.67. The van der Waals surface area contributed by atoms with Gasteiger partial charge in [-0.05, 0) is 43.5 Å². The summed E-state index contributed by atoms with van der Waals surface area (Å²) in [6, 6.07) is 14.2. The summed E-state index contributed by atoms with van der Waals surface area (Å²) in [5.74, 6) is -0.522. The lowest BCUT2D eigenvalue weighted by molar-refractivity contribution is -0.121. The van der Waals surface area contributed by atoms with Crippen molar-refractivity contribution in [2.75, 3.05) is 17.7 Å². The van der Waals surface area contributed by atoms with Gasteiger partial charge in [-0.3, -0.25) is 9.59 Å². The van der Waals surface area contributed by atoms with Crippen LogP contribution < -0.4 is 15.4 Å². The van der Waals surface area contributed by atoms with Gasteiger partial charge in [-0.2, -0.15) is 0 Å². The molecule has 2 aromatic rings. The predicted octanol–water partition coefficient (Wildman–Crippen LogP) is 2.32. The van der Waals surface area contributed by atoms with Crippen molar-refractivity contribution in [2.24, 2.45) is 0 Å². The van der Waals surface area contributed by atoms with E-state index in [0.717, 1.165) is 12.8 Å². The first-order valence-corrected chi connectivity index (χ1v) is 11.1. The molecule has 0 aliphatic carbocycles. The average molecular weight is 416 g/mol. The van der Waals surface area contributed by atoms with Crippen LogP contribution in [0.3, 0.4) is 0 Å². The number of hydrogen-bond acceptors (Lipinski definition) is 5. The zero-order valence-corrected chi connectivity index (χ0v) is 17.0. The van der Waals surface area contributed by atoms with Crippen molar-refractivity contribution in [3.63, 3.8) is 0 Å². The van der Waals surface area contributed by atoms with Crippen LogP contribution in [0.2, 0.25) is 0 Å². The molecular formula is C21H24N2O5S. The largest absolute Gasteiger partial charge is 0.482 e. The Kier molecular flexibility index (Phi) is 6.53. The standard InChI is InChI=1S/C21H24N2O5S/c1-15(7-8-16-5-3-2-4-6-16)22-20(24)11-12-29(26,27)17-9-10-19-18(13-17)23-21(25)14-28-19/h2-6,9-10,13,15H,7-8,11-12,14H2,1H3,(H,22,24)(H,23,25)/t15-/m1/s1. The van der Waals surface area contributed by atoms with Crippen LogP contribution in [0, 0.1) is 0 Å². The number of rotatable bonds is 8. The van der Waals surface area contributed by atoms with E-state index in [1.54, 1.807) is 0 Å². The number of sulfone groups is 1. The van der Waals surface area contributed by atoms with Crippen molar-refractivity contribution in [1.82, 2.24) is 5.32 Å². The molecule has 0 unspecified atom stereocenters. The Balaban J connectivity index is 1.51. The first-order chi connectivity index (χ1) is 13.8. The lowest BCUT2D eigenvalue weighted by atomic mass is 10.1. The molecule has 2 amide bonds. The molecule has 0 bridgehead atoms. The summed E-state index contributed by atoms with van der Waals surface area (Å²) in [6.07, 6.45) is 1.48. The first kappa shape index (κ1) is 20.9. The van der Waals surface area contributed by atoms with Gasteiger partial charge in [0.2, 0.25) is 5.91 Å². The van der Waals surface area contributed by atoms with Crippen molar-refractivity contribution in [3.8, 4) is 5.75 Å². The summed E-state index contributed by atoms with van der Waals surface area (Å²) in [5, 5.41) is 5.43. The van der Waals surface area contributed by atoms with Gasteiger partial charge in [0.15, 0.2) is 16.4 Å². The van der Waals surface area contributed by atoms with E-state index in [1.165, 1.54) is 23.8 Å². The van der Waals surface area contributed by atoms with Gasteiger partial charge in [0.25, 0.3) is 5.91 Å². The molecule has 1 aliphatic heterocycles. The molecule has 154 valence electrons. The van der Waals surface area contributed by atoms with Crippen LogP contribution in [0.4, 0.5) is 5.69 Å². The molecule has 2 aromatic carbocycles. The van der Waals surface area contributed by atoms with Gasteiger partial charge in [-0.25, -0.2) is 8.42 Å². The Labute approximate surface area is 170 Å². The van der Waals surface area contributed by atoms with Crippen LogP contribution in [0.5, 0.6) is 5.75 Å². The number of hydrogen-bond donors (Lipinski definition) is 2. The SMILES string of the molecule is C[C@H](CCc1ccccc1)NC(=O)CCS(=O)(=O)c1ccc2c(c1)NC(=O)CO2. The highest BCUT2D eigenvalue weighted by Gasteiger charge is 2.22. The number of amides is 2. The molecule has 1 aliphatic rings. The second kappa shape index (κ2) is 9.09. The van der Waals surface area contributed by atoms with E-state index in [2.05, 4.69) is 10.6 Å². The third kappa shape index (κ3) is 5.80. The van der Waals surface area contributed by atoms with Gasteiger partial charge in [-0.1, -0.05) is 30.3 Å². The molecule has 29 heavy (non-hydrogen) atoms. The molecule has 8 heteroatoms. The summed E-state index contributed by atoms with van der Waals surface area (Å²) in [7, 11) is -3.67. The second-order valence-electron chi connectivity index (χ2n) is 7.06. The minimum Gasteiger partial charge on any atom is -0.482 e. The fraction of sp³-hybridized carbons (Fsp3) is 0.333. The Hall–Kier alpha value is -2.87. The predicted molar refractivity (Wildman–Crippen MR) is 110 cm³/mol. The van der Waals surface area contributed by atoms with E-state index in [9.17, 15) is 18.0 Å². The number of carbonyl (C=O) groups is 2. The van der Waals surface area contributed by atoms with Crippen LogP contribution in [0.1, 0.15) is 25.3 Å². The first-order valence-electron chi connectivity index (χ1n) is 9.46. The highest BCUT2D eigenvalue weighted by molar-refractivity contribution is 7.91. The maximum absolute atomic E-state index is 12.6. The van der Waals surface area contributed by atoms with Gasteiger partial charge in [0, 0.05) is 12.5 Å². The molecule has 7 nitrogen and oxygen atoms in total. The Morgan fingerprint density at radius 3 is 2.72 bits per heavy atom. The van der Waals surface area contributed by atoms with Crippen molar-refractivity contribution in [3.05, 3.63) is 54.1 Å². The van der Waals surface area contributed by atoms with Gasteiger partial charge in [0.05, 0.1) is 16.3 Å². The van der Waals surface area contributed by atoms with Gasteiger partial charge in [-0.15, -0.1) is 0 Å². The number of anilines is 1. The number of nitrogens with one attached hydrogen (secondary N) is 2. The highest BCUT2D eigenvalue weighted by atomic mass is 32.2. The van der Waals surface area contributed by atoms with E-state index in [0.29, 0.717) is 11.4 Å². The highest BCUT2D eigenvalue weighted by Crippen LogP contribution is 2.30. The summed E-state index contributed by atoms with van der Waals surface area (Å²) >= 11 is 0. The smallest absolute Gasteiger partial charge is 0.262 e. The van der Waals surface area contributed by atoms with Gasteiger partial charge >= 0.3 is 0 Å². The summed E-state index contributed by atoms with van der Waals surface area (Å²) < 4.78 is 30.4. The zero-order valence-electron chi connectivity index (χ0n) is 16.2. The Bertz CT molecular complexity index is 989. The molecule has 0 saturated heterocycles. The second-order valence-corrected chi connectivity index (χ2v) is 9.17. The quantitative estimate of drug-likeness (QED) is 0.688. The average Bonchev–Trinajstić information content (AvgIpc) is 2.71. The summed E-state index contributed by atoms with van der Waals surface area (Å²) in [4.78, 5) is 23.6. The fourth-order valence-electron chi connectivity index (χ4n) is 3.05. The summed E-state index contributed by atoms with van der Waals surface area (Å²) in [6.45, 7) is 1.81. The maximum Gasteiger partial charge on any atom is 0.262 e. The molecule has 2 N–H and O–H groups in total. The van der Waals surface area contributed by atoms with Crippen molar-refractivity contribution >= 4 is 27.3 Å². The van der Waals surface area contributed by atoms with Gasteiger partial charge in [0.1, 0.15) is 5.75 Å².